The molecule has 1 aliphatic heterocycles. The number of benzene rings is 1. The van der Waals surface area contributed by atoms with Crippen LogP contribution in [0.2, 0.25) is 0 Å². The Morgan fingerprint density at radius 2 is 2.04 bits per heavy atom. The van der Waals surface area contributed by atoms with Crippen LogP contribution in [0.1, 0.15) is 30.6 Å². The van der Waals surface area contributed by atoms with Crippen LogP contribution in [0.25, 0.3) is 0 Å². The van der Waals surface area contributed by atoms with E-state index >= 15 is 0 Å². The number of carbonyl (C=O) groups is 1. The Morgan fingerprint density at radius 3 is 2.52 bits per heavy atom. The van der Waals surface area contributed by atoms with E-state index < -0.39 is 9.84 Å². The Kier molecular flexibility index (Phi) is 4.71. The SMILES string of the molecule is C#C[C@@H]1C[C@H](C)N(C(=O)c2cc(S(C)(=O)=O)ccc2OC)[C@@H]1C. The molecule has 3 atom stereocenters. The highest BCUT2D eigenvalue weighted by Crippen LogP contribution is 2.33. The van der Waals surface area contributed by atoms with Crippen molar-refractivity contribution in [3.05, 3.63) is 23.8 Å². The van der Waals surface area contributed by atoms with Gasteiger partial charge in [0, 0.05) is 24.3 Å². The number of sulfone groups is 1. The van der Waals surface area contributed by atoms with E-state index in [0.717, 1.165) is 12.7 Å². The van der Waals surface area contributed by atoms with Crippen molar-refractivity contribution in [3.8, 4) is 18.1 Å². The predicted octanol–water partition coefficient (Wildman–Crippen LogP) is 1.97. The summed E-state index contributed by atoms with van der Waals surface area (Å²) >= 11 is 0. The Labute approximate surface area is 137 Å². The van der Waals surface area contributed by atoms with E-state index in [0.29, 0.717) is 5.75 Å². The van der Waals surface area contributed by atoms with E-state index in [2.05, 4.69) is 5.92 Å². The minimum absolute atomic E-state index is 0.00182. The molecular weight excluding hydrogens is 314 g/mol. The highest BCUT2D eigenvalue weighted by atomic mass is 32.2. The van der Waals surface area contributed by atoms with E-state index in [1.54, 1.807) is 4.90 Å². The van der Waals surface area contributed by atoms with Crippen molar-refractivity contribution in [2.75, 3.05) is 13.4 Å². The van der Waals surface area contributed by atoms with Gasteiger partial charge in [-0.1, -0.05) is 0 Å². The zero-order valence-electron chi connectivity index (χ0n) is 13.7. The second-order valence-electron chi connectivity index (χ2n) is 5.95. The number of amides is 1. The van der Waals surface area contributed by atoms with Crippen molar-refractivity contribution in [1.82, 2.24) is 4.90 Å². The zero-order chi connectivity index (χ0) is 17.4. The van der Waals surface area contributed by atoms with Gasteiger partial charge < -0.3 is 9.64 Å². The largest absolute Gasteiger partial charge is 0.496 e. The van der Waals surface area contributed by atoms with Crippen molar-refractivity contribution in [2.45, 2.75) is 37.2 Å². The fraction of sp³-hybridized carbons (Fsp3) is 0.471. The summed E-state index contributed by atoms with van der Waals surface area (Å²) in [5.74, 6) is 2.82. The summed E-state index contributed by atoms with van der Waals surface area (Å²) in [5, 5.41) is 0. The van der Waals surface area contributed by atoms with Crippen molar-refractivity contribution in [3.63, 3.8) is 0 Å². The first kappa shape index (κ1) is 17.4. The third-order valence-corrected chi connectivity index (χ3v) is 5.48. The average Bonchev–Trinajstić information content (AvgIpc) is 2.79. The first-order chi connectivity index (χ1) is 10.7. The third-order valence-electron chi connectivity index (χ3n) is 4.37. The molecule has 124 valence electrons. The molecule has 2 rings (SSSR count). The number of rotatable bonds is 3. The Hall–Kier alpha value is -2.00. The minimum atomic E-state index is -3.41. The Bertz CT molecular complexity index is 763. The second kappa shape index (κ2) is 6.25. The van der Waals surface area contributed by atoms with Gasteiger partial charge in [-0.25, -0.2) is 8.42 Å². The Balaban J connectivity index is 2.48. The maximum atomic E-state index is 13.0. The molecule has 1 saturated heterocycles. The molecule has 1 amide bonds. The van der Waals surface area contributed by atoms with Gasteiger partial charge in [0.15, 0.2) is 9.84 Å². The molecular formula is C17H21NO4S. The molecule has 5 nitrogen and oxygen atoms in total. The number of hydrogen-bond donors (Lipinski definition) is 0. The van der Waals surface area contributed by atoms with Crippen LogP contribution < -0.4 is 4.74 Å². The minimum Gasteiger partial charge on any atom is -0.496 e. The van der Waals surface area contributed by atoms with Crippen LogP contribution in [-0.2, 0) is 9.84 Å². The first-order valence-corrected chi connectivity index (χ1v) is 9.26. The third kappa shape index (κ3) is 3.20. The predicted molar refractivity (Wildman–Crippen MR) is 88.1 cm³/mol. The van der Waals surface area contributed by atoms with Gasteiger partial charge in [0.2, 0.25) is 0 Å². The summed E-state index contributed by atoms with van der Waals surface area (Å²) < 4.78 is 28.8. The van der Waals surface area contributed by atoms with Gasteiger partial charge in [-0.3, -0.25) is 4.79 Å². The number of methoxy groups -OCH3 is 1. The van der Waals surface area contributed by atoms with Crippen LogP contribution in [0.15, 0.2) is 23.1 Å². The van der Waals surface area contributed by atoms with Gasteiger partial charge in [0.1, 0.15) is 5.75 Å². The quantitative estimate of drug-likeness (QED) is 0.792. The Morgan fingerprint density at radius 1 is 1.39 bits per heavy atom. The highest BCUT2D eigenvalue weighted by Gasteiger charge is 2.39. The van der Waals surface area contributed by atoms with Gasteiger partial charge in [-0.05, 0) is 38.5 Å². The summed E-state index contributed by atoms with van der Waals surface area (Å²) in [6, 6.07) is 4.21. The van der Waals surface area contributed by atoms with E-state index in [-0.39, 0.29) is 34.4 Å². The van der Waals surface area contributed by atoms with Crippen LogP contribution in [0.5, 0.6) is 5.75 Å². The molecule has 1 fully saturated rings. The van der Waals surface area contributed by atoms with Gasteiger partial charge in [-0.2, -0.15) is 0 Å². The lowest BCUT2D eigenvalue weighted by atomic mass is 10.0. The summed E-state index contributed by atoms with van der Waals surface area (Å²) in [7, 11) is -1.96. The lowest BCUT2D eigenvalue weighted by molar-refractivity contribution is 0.0682. The summed E-state index contributed by atoms with van der Waals surface area (Å²) in [6.45, 7) is 3.86. The smallest absolute Gasteiger partial charge is 0.258 e. The van der Waals surface area contributed by atoms with E-state index in [1.807, 2.05) is 13.8 Å². The monoisotopic (exact) mass is 335 g/mol. The van der Waals surface area contributed by atoms with Crippen LogP contribution >= 0.6 is 0 Å². The summed E-state index contributed by atoms with van der Waals surface area (Å²) in [6.07, 6.45) is 7.38. The second-order valence-corrected chi connectivity index (χ2v) is 7.96. The maximum Gasteiger partial charge on any atom is 0.258 e. The van der Waals surface area contributed by atoms with Gasteiger partial charge in [-0.15, -0.1) is 12.3 Å². The van der Waals surface area contributed by atoms with Crippen molar-refractivity contribution in [1.29, 1.82) is 0 Å². The normalized spacial score (nSPS) is 24.3. The molecule has 0 spiro atoms. The van der Waals surface area contributed by atoms with Crippen LogP contribution in [-0.4, -0.2) is 44.7 Å². The number of carbonyl (C=O) groups excluding carboxylic acids is 1. The molecule has 0 saturated carbocycles. The maximum absolute atomic E-state index is 13.0. The van der Waals surface area contributed by atoms with Crippen LogP contribution in [0.3, 0.4) is 0 Å². The molecule has 1 aliphatic rings. The molecule has 1 aromatic rings. The van der Waals surface area contributed by atoms with Crippen LogP contribution in [0, 0.1) is 18.3 Å². The topological polar surface area (TPSA) is 63.7 Å². The molecule has 0 radical (unpaired) electrons. The summed E-state index contributed by atoms with van der Waals surface area (Å²) in [5.41, 5.74) is 0.242. The highest BCUT2D eigenvalue weighted by molar-refractivity contribution is 7.90. The van der Waals surface area contributed by atoms with Crippen LogP contribution in [0.4, 0.5) is 0 Å². The number of ether oxygens (including phenoxy) is 1. The lowest BCUT2D eigenvalue weighted by Crippen LogP contribution is -2.39. The summed E-state index contributed by atoms with van der Waals surface area (Å²) in [4.78, 5) is 14.8. The number of terminal acetylenes is 1. The van der Waals surface area contributed by atoms with Gasteiger partial charge in [0.25, 0.3) is 5.91 Å². The molecule has 0 aliphatic carbocycles. The van der Waals surface area contributed by atoms with E-state index in [1.165, 1.54) is 25.3 Å². The van der Waals surface area contributed by atoms with Crippen molar-refractivity contribution >= 4 is 15.7 Å². The average molecular weight is 335 g/mol. The standard InChI is InChI=1S/C17H21NO4S/c1-6-13-9-11(2)18(12(13)3)17(19)15-10-14(23(5,20)21)7-8-16(15)22-4/h1,7-8,10-13H,9H2,2-5H3/t11-,12+,13+/m0/s1. The van der Waals surface area contributed by atoms with Crippen molar-refractivity contribution in [2.24, 2.45) is 5.92 Å². The zero-order valence-corrected chi connectivity index (χ0v) is 14.6. The van der Waals surface area contributed by atoms with Crippen molar-refractivity contribution < 1.29 is 17.9 Å². The fourth-order valence-electron chi connectivity index (χ4n) is 3.09. The fourth-order valence-corrected chi connectivity index (χ4v) is 3.74. The molecule has 0 unspecified atom stereocenters. The molecule has 0 N–H and O–H groups in total. The molecule has 0 bridgehead atoms. The van der Waals surface area contributed by atoms with E-state index in [4.69, 9.17) is 11.2 Å². The number of nitrogens with zero attached hydrogens (tertiary/aromatic N) is 1. The van der Waals surface area contributed by atoms with Gasteiger partial charge >= 0.3 is 0 Å². The molecule has 0 aromatic heterocycles. The number of hydrogen-bond acceptors (Lipinski definition) is 4. The van der Waals surface area contributed by atoms with Gasteiger partial charge in [0.05, 0.1) is 17.6 Å². The molecule has 1 heterocycles. The molecule has 1 aromatic carbocycles. The lowest BCUT2D eigenvalue weighted by Gasteiger charge is -2.27. The molecule has 6 heteroatoms. The molecule has 23 heavy (non-hydrogen) atoms. The first-order valence-electron chi connectivity index (χ1n) is 7.37. The number of likely N-dealkylation sites (tertiary alicyclic amines) is 1. The van der Waals surface area contributed by atoms with E-state index in [9.17, 15) is 13.2 Å².